The molecule has 0 radical (unpaired) electrons. The molecule has 1 aliphatic rings. The number of hydrogen-bond acceptors (Lipinski definition) is 7. The van der Waals surface area contributed by atoms with Gasteiger partial charge >= 0.3 is 7.12 Å². The number of benzene rings is 2. The Balaban J connectivity index is 1.62. The third-order valence-electron chi connectivity index (χ3n) is 6.69. The summed E-state index contributed by atoms with van der Waals surface area (Å²) in [7, 11) is -1.25. The minimum absolute atomic E-state index is 0.0162. The molecule has 7 nitrogen and oxygen atoms in total. The van der Waals surface area contributed by atoms with Gasteiger partial charge in [-0.25, -0.2) is 4.98 Å². The summed E-state index contributed by atoms with van der Waals surface area (Å²) in [6, 6.07) is 10.7. The van der Waals surface area contributed by atoms with E-state index in [0.717, 1.165) is 11.1 Å². The maximum Gasteiger partial charge on any atom is 0.585 e. The molecule has 0 aliphatic carbocycles. The SMILES string of the molecule is Cc1cc([C@H](C)Nc2ccc(Cl)nc2-c2cc(Cl)c3c(c2)C=NOB3O)c2oc(C(C)C)c(C)c(=O)c2c1. The molecule has 0 saturated heterocycles. The predicted octanol–water partition coefficient (Wildman–Crippen LogP) is 6.13. The van der Waals surface area contributed by atoms with Gasteiger partial charge in [-0.15, -0.1) is 5.16 Å². The fourth-order valence-electron chi connectivity index (χ4n) is 4.88. The Kier molecular flexibility index (Phi) is 6.98. The van der Waals surface area contributed by atoms with Gasteiger partial charge in [0.05, 0.1) is 29.0 Å². The first-order chi connectivity index (χ1) is 18.0. The second kappa shape index (κ2) is 10.1. The number of anilines is 1. The smallest absolute Gasteiger partial charge is 0.460 e. The Morgan fingerprint density at radius 2 is 1.84 bits per heavy atom. The number of pyridine rings is 1. The molecule has 0 bridgehead atoms. The quantitative estimate of drug-likeness (QED) is 0.230. The highest BCUT2D eigenvalue weighted by atomic mass is 35.5. The molecular formula is C28H26BCl2N3O4. The monoisotopic (exact) mass is 549 g/mol. The maximum absolute atomic E-state index is 13.2. The number of oxime groups is 1. The molecule has 0 unspecified atom stereocenters. The fourth-order valence-corrected chi connectivity index (χ4v) is 5.35. The number of nitrogens with one attached hydrogen (secondary N) is 1. The van der Waals surface area contributed by atoms with Gasteiger partial charge in [0.2, 0.25) is 0 Å². The zero-order valence-electron chi connectivity index (χ0n) is 21.6. The normalized spacial score (nSPS) is 13.6. The zero-order valence-corrected chi connectivity index (χ0v) is 23.1. The van der Waals surface area contributed by atoms with Crippen molar-refractivity contribution in [1.29, 1.82) is 0 Å². The van der Waals surface area contributed by atoms with E-state index in [1.165, 1.54) is 6.21 Å². The molecule has 0 spiro atoms. The lowest BCUT2D eigenvalue weighted by molar-refractivity contribution is 0.286. The summed E-state index contributed by atoms with van der Waals surface area (Å²) < 4.78 is 11.3. The van der Waals surface area contributed by atoms with Crippen molar-refractivity contribution in [3.8, 4) is 11.3 Å². The van der Waals surface area contributed by atoms with Gasteiger partial charge < -0.3 is 19.5 Å². The van der Waals surface area contributed by atoms with Crippen LogP contribution in [0, 0.1) is 13.8 Å². The van der Waals surface area contributed by atoms with Crippen molar-refractivity contribution in [2.45, 2.75) is 46.6 Å². The van der Waals surface area contributed by atoms with E-state index >= 15 is 0 Å². The summed E-state index contributed by atoms with van der Waals surface area (Å²) in [6.45, 7) is 9.80. The fraction of sp³-hybridized carbons (Fsp3) is 0.250. The molecule has 0 amide bonds. The molecule has 3 heterocycles. The average molecular weight is 550 g/mol. The van der Waals surface area contributed by atoms with Crippen molar-refractivity contribution < 1.29 is 14.2 Å². The Morgan fingerprint density at radius 1 is 1.08 bits per heavy atom. The van der Waals surface area contributed by atoms with Crippen LogP contribution in [-0.2, 0) is 4.76 Å². The van der Waals surface area contributed by atoms with Crippen LogP contribution >= 0.6 is 23.2 Å². The van der Waals surface area contributed by atoms with Gasteiger partial charge in [-0.2, -0.15) is 0 Å². The van der Waals surface area contributed by atoms with Gasteiger partial charge in [0.1, 0.15) is 16.5 Å². The van der Waals surface area contributed by atoms with E-state index in [9.17, 15) is 9.82 Å². The van der Waals surface area contributed by atoms with Crippen LogP contribution in [0.25, 0.3) is 22.2 Å². The van der Waals surface area contributed by atoms with Crippen molar-refractivity contribution in [3.05, 3.63) is 84.8 Å². The van der Waals surface area contributed by atoms with Crippen LogP contribution in [0.2, 0.25) is 10.2 Å². The van der Waals surface area contributed by atoms with Gasteiger partial charge in [-0.3, -0.25) is 4.79 Å². The summed E-state index contributed by atoms with van der Waals surface area (Å²) in [5, 5.41) is 18.6. The Labute approximate surface area is 230 Å². The first-order valence-corrected chi connectivity index (χ1v) is 13.0. The lowest BCUT2D eigenvalue weighted by Crippen LogP contribution is -2.38. The molecule has 1 aliphatic heterocycles. The summed E-state index contributed by atoms with van der Waals surface area (Å²) in [6.07, 6.45) is 1.49. The first kappa shape index (κ1) is 26.3. The van der Waals surface area contributed by atoms with E-state index in [2.05, 4.69) is 15.5 Å². The molecule has 2 aromatic carbocycles. The number of rotatable bonds is 5. The highest BCUT2D eigenvalue weighted by molar-refractivity contribution is 6.65. The van der Waals surface area contributed by atoms with E-state index in [1.54, 1.807) is 12.1 Å². The number of hydrogen-bond donors (Lipinski definition) is 2. The van der Waals surface area contributed by atoms with Crippen molar-refractivity contribution in [2.75, 3.05) is 5.32 Å². The minimum Gasteiger partial charge on any atom is -0.460 e. The van der Waals surface area contributed by atoms with E-state index in [0.29, 0.717) is 60.4 Å². The molecule has 5 rings (SSSR count). The molecular weight excluding hydrogens is 524 g/mol. The van der Waals surface area contributed by atoms with Crippen LogP contribution in [0.5, 0.6) is 0 Å². The second-order valence-electron chi connectivity index (χ2n) is 9.86. The standard InChI is InChI=1S/C28H26BCl2N3O4/c1-13(2)27-15(4)26(35)20-9-14(3)8-19(28(20)37-27)16(5)33-22-6-7-23(31)34-25(22)17-10-18-12-32-38-29(36)24(18)21(30)11-17/h6-13,16,33,36H,1-5H3/t16-/m0/s1. The molecule has 2 aromatic heterocycles. The van der Waals surface area contributed by atoms with Gasteiger partial charge in [0, 0.05) is 33.1 Å². The summed E-state index contributed by atoms with van der Waals surface area (Å²) in [4.78, 5) is 17.8. The van der Waals surface area contributed by atoms with Crippen LogP contribution in [0.1, 0.15) is 60.7 Å². The van der Waals surface area contributed by atoms with E-state index < -0.39 is 7.12 Å². The molecule has 1 atom stereocenters. The molecule has 38 heavy (non-hydrogen) atoms. The molecule has 194 valence electrons. The lowest BCUT2D eigenvalue weighted by Gasteiger charge is -2.21. The summed E-state index contributed by atoms with van der Waals surface area (Å²) in [5.41, 5.74) is 6.02. The molecule has 10 heteroatoms. The van der Waals surface area contributed by atoms with E-state index in [4.69, 9.17) is 32.4 Å². The van der Waals surface area contributed by atoms with Crippen molar-refractivity contribution >= 4 is 58.7 Å². The maximum atomic E-state index is 13.2. The molecule has 2 N–H and O–H groups in total. The first-order valence-electron chi connectivity index (χ1n) is 12.3. The Hall–Kier alpha value is -3.33. The van der Waals surface area contributed by atoms with Crippen molar-refractivity contribution in [2.24, 2.45) is 5.16 Å². The van der Waals surface area contributed by atoms with Gasteiger partial charge in [-0.05, 0) is 62.2 Å². The van der Waals surface area contributed by atoms with Gasteiger partial charge in [0.25, 0.3) is 0 Å². The summed E-state index contributed by atoms with van der Waals surface area (Å²) >= 11 is 12.8. The third-order valence-corrected chi connectivity index (χ3v) is 7.21. The summed E-state index contributed by atoms with van der Waals surface area (Å²) in [5.74, 6) is 0.753. The van der Waals surface area contributed by atoms with Crippen LogP contribution in [0.4, 0.5) is 5.69 Å². The average Bonchev–Trinajstić information content (AvgIpc) is 2.86. The van der Waals surface area contributed by atoms with E-state index in [1.807, 2.05) is 58.9 Å². The van der Waals surface area contributed by atoms with Gasteiger partial charge in [0.15, 0.2) is 5.43 Å². The van der Waals surface area contributed by atoms with Gasteiger partial charge in [-0.1, -0.05) is 43.1 Å². The largest absolute Gasteiger partial charge is 0.585 e. The second-order valence-corrected chi connectivity index (χ2v) is 10.6. The van der Waals surface area contributed by atoms with Crippen LogP contribution in [-0.4, -0.2) is 23.3 Å². The van der Waals surface area contributed by atoms with Crippen LogP contribution < -0.4 is 16.2 Å². The molecule has 0 fully saturated rings. The number of halogens is 2. The molecule has 0 saturated carbocycles. The minimum atomic E-state index is -1.25. The van der Waals surface area contributed by atoms with Crippen LogP contribution in [0.3, 0.4) is 0 Å². The van der Waals surface area contributed by atoms with Crippen molar-refractivity contribution in [1.82, 2.24) is 4.98 Å². The Bertz CT molecular complexity index is 1670. The van der Waals surface area contributed by atoms with Crippen molar-refractivity contribution in [3.63, 3.8) is 0 Å². The number of aryl methyl sites for hydroxylation is 1. The predicted molar refractivity (Wildman–Crippen MR) is 154 cm³/mol. The topological polar surface area (TPSA) is 97.0 Å². The Morgan fingerprint density at radius 3 is 2.58 bits per heavy atom. The number of aromatic nitrogens is 1. The highest BCUT2D eigenvalue weighted by Gasteiger charge is 2.29. The molecule has 4 aromatic rings. The highest BCUT2D eigenvalue weighted by Crippen LogP contribution is 2.35. The lowest BCUT2D eigenvalue weighted by atomic mass is 9.75. The van der Waals surface area contributed by atoms with E-state index in [-0.39, 0.29) is 17.4 Å². The number of fused-ring (bicyclic) bond motifs is 2. The van der Waals surface area contributed by atoms with Crippen LogP contribution in [0.15, 0.2) is 50.8 Å². The zero-order chi connectivity index (χ0) is 27.3. The number of nitrogens with zero attached hydrogens (tertiary/aromatic N) is 2. The third kappa shape index (κ3) is 4.68.